The van der Waals surface area contributed by atoms with Gasteiger partial charge < -0.3 is 9.64 Å². The number of carbonyl (C=O) groups excluding carboxylic acids is 1. The van der Waals surface area contributed by atoms with Gasteiger partial charge in [0.2, 0.25) is 0 Å². The molecule has 1 saturated heterocycles. The van der Waals surface area contributed by atoms with Gasteiger partial charge in [-0.3, -0.25) is 9.52 Å². The molecule has 0 radical (unpaired) electrons. The van der Waals surface area contributed by atoms with Crippen molar-refractivity contribution in [3.05, 3.63) is 52.6 Å². The quantitative estimate of drug-likeness (QED) is 0.831. The van der Waals surface area contributed by atoms with Crippen molar-refractivity contribution in [1.29, 1.82) is 0 Å². The second kappa shape index (κ2) is 7.46. The van der Waals surface area contributed by atoms with Crippen LogP contribution in [0.1, 0.15) is 35.1 Å². The minimum Gasteiger partial charge on any atom is -0.368 e. The lowest BCUT2D eigenvalue weighted by Gasteiger charge is -2.21. The molecule has 6 nitrogen and oxygen atoms in total. The fourth-order valence-corrected chi connectivity index (χ4v) is 5.41. The van der Waals surface area contributed by atoms with Gasteiger partial charge >= 0.3 is 0 Å². The highest BCUT2D eigenvalue weighted by atomic mass is 32.2. The predicted molar refractivity (Wildman–Crippen MR) is 113 cm³/mol. The Balaban J connectivity index is 1.62. The smallest absolute Gasteiger partial charge is 0.262 e. The summed E-state index contributed by atoms with van der Waals surface area (Å²) in [6.07, 6.45) is 2.01. The lowest BCUT2D eigenvalue weighted by atomic mass is 10.1. The first-order valence-corrected chi connectivity index (χ1v) is 11.4. The van der Waals surface area contributed by atoms with E-state index in [9.17, 15) is 13.2 Å². The molecule has 0 aromatic heterocycles. The van der Waals surface area contributed by atoms with E-state index in [2.05, 4.69) is 4.72 Å². The van der Waals surface area contributed by atoms with E-state index >= 15 is 0 Å². The summed E-state index contributed by atoms with van der Waals surface area (Å²) in [6, 6.07) is 8.99. The van der Waals surface area contributed by atoms with Crippen LogP contribution in [0.3, 0.4) is 0 Å². The van der Waals surface area contributed by atoms with E-state index in [-0.39, 0.29) is 16.9 Å². The fraction of sp³-hybridized carbons (Fsp3) is 0.409. The molecule has 1 N–H and O–H groups in total. The van der Waals surface area contributed by atoms with Gasteiger partial charge in [-0.1, -0.05) is 12.1 Å². The van der Waals surface area contributed by atoms with Crippen LogP contribution in [-0.2, 0) is 26.0 Å². The predicted octanol–water partition coefficient (Wildman–Crippen LogP) is 3.48. The van der Waals surface area contributed by atoms with E-state index in [1.165, 1.54) is 0 Å². The zero-order chi connectivity index (χ0) is 20.8. The van der Waals surface area contributed by atoms with Crippen LogP contribution >= 0.6 is 0 Å². The van der Waals surface area contributed by atoms with Crippen molar-refractivity contribution < 1.29 is 17.9 Å². The molecule has 2 aliphatic heterocycles. The molecule has 0 saturated carbocycles. The second-order valence-corrected chi connectivity index (χ2v) is 9.54. The summed E-state index contributed by atoms with van der Waals surface area (Å²) >= 11 is 0. The number of hydrogen-bond donors (Lipinski definition) is 1. The van der Waals surface area contributed by atoms with Crippen molar-refractivity contribution in [3.8, 4) is 0 Å². The number of aryl methyl sites for hydroxylation is 3. The molecule has 2 aromatic rings. The number of sulfonamides is 1. The van der Waals surface area contributed by atoms with Gasteiger partial charge in [0.15, 0.2) is 0 Å². The molecule has 1 amide bonds. The Labute approximate surface area is 171 Å². The normalized spacial score (nSPS) is 18.7. The monoisotopic (exact) mass is 414 g/mol. The van der Waals surface area contributed by atoms with Gasteiger partial charge in [0.1, 0.15) is 6.10 Å². The molecule has 2 aliphatic rings. The third-order valence-corrected chi connectivity index (χ3v) is 7.31. The Bertz CT molecular complexity index is 1070. The number of amides is 1. The van der Waals surface area contributed by atoms with Crippen LogP contribution in [0.5, 0.6) is 0 Å². The highest BCUT2D eigenvalue weighted by Crippen LogP contribution is 2.33. The van der Waals surface area contributed by atoms with Crippen molar-refractivity contribution in [2.75, 3.05) is 22.8 Å². The molecule has 1 fully saturated rings. The van der Waals surface area contributed by atoms with Crippen LogP contribution in [0, 0.1) is 20.8 Å². The molecule has 4 rings (SSSR count). The molecule has 1 atom stereocenters. The van der Waals surface area contributed by atoms with Crippen molar-refractivity contribution in [2.24, 2.45) is 0 Å². The summed E-state index contributed by atoms with van der Waals surface area (Å²) in [4.78, 5) is 14.8. The summed E-state index contributed by atoms with van der Waals surface area (Å²) in [5.41, 5.74) is 4.95. The molecule has 0 spiro atoms. The van der Waals surface area contributed by atoms with Crippen LogP contribution in [0.15, 0.2) is 35.2 Å². The standard InChI is InChI=1S/C22H26N2O4S/c1-14-11-16(3)21(12-15(14)2)29(26,27)23-18-7-6-17-8-9-24(19(17)13-18)22(25)20-5-4-10-28-20/h6-7,11-13,20,23H,4-5,8-10H2,1-3H3. The number of rotatable bonds is 4. The highest BCUT2D eigenvalue weighted by Gasteiger charge is 2.33. The number of anilines is 2. The number of nitrogens with one attached hydrogen (secondary N) is 1. The van der Waals surface area contributed by atoms with Gasteiger partial charge in [0.25, 0.3) is 15.9 Å². The van der Waals surface area contributed by atoms with Crippen molar-refractivity contribution in [1.82, 2.24) is 0 Å². The summed E-state index contributed by atoms with van der Waals surface area (Å²) in [5, 5.41) is 0. The average molecular weight is 415 g/mol. The first-order valence-electron chi connectivity index (χ1n) is 9.93. The van der Waals surface area contributed by atoms with E-state index in [0.29, 0.717) is 24.4 Å². The molecule has 154 valence electrons. The largest absolute Gasteiger partial charge is 0.368 e. The van der Waals surface area contributed by atoms with E-state index in [0.717, 1.165) is 41.6 Å². The topological polar surface area (TPSA) is 75.7 Å². The maximum absolute atomic E-state index is 13.0. The van der Waals surface area contributed by atoms with E-state index in [1.54, 1.807) is 30.0 Å². The molecule has 1 unspecified atom stereocenters. The van der Waals surface area contributed by atoms with Gasteiger partial charge in [0, 0.05) is 18.8 Å². The minimum atomic E-state index is -3.73. The number of benzene rings is 2. The summed E-state index contributed by atoms with van der Waals surface area (Å²) in [6.45, 7) is 6.88. The van der Waals surface area contributed by atoms with Crippen molar-refractivity contribution >= 4 is 27.3 Å². The molecule has 29 heavy (non-hydrogen) atoms. The Morgan fingerprint density at radius 2 is 1.86 bits per heavy atom. The van der Waals surface area contributed by atoms with Crippen LogP contribution in [0.4, 0.5) is 11.4 Å². The molecular weight excluding hydrogens is 388 g/mol. The number of carbonyl (C=O) groups is 1. The van der Waals surface area contributed by atoms with E-state index in [1.807, 2.05) is 26.0 Å². The maximum atomic E-state index is 13.0. The van der Waals surface area contributed by atoms with Crippen LogP contribution in [0.2, 0.25) is 0 Å². The number of fused-ring (bicyclic) bond motifs is 1. The average Bonchev–Trinajstić information content (AvgIpc) is 3.33. The van der Waals surface area contributed by atoms with Gasteiger partial charge in [-0.15, -0.1) is 0 Å². The maximum Gasteiger partial charge on any atom is 0.262 e. The second-order valence-electron chi connectivity index (χ2n) is 7.89. The number of hydrogen-bond acceptors (Lipinski definition) is 4. The fourth-order valence-electron chi connectivity index (χ4n) is 4.05. The van der Waals surface area contributed by atoms with Gasteiger partial charge in [-0.25, -0.2) is 8.42 Å². The molecule has 0 bridgehead atoms. The molecular formula is C22H26N2O4S. The van der Waals surface area contributed by atoms with Crippen LogP contribution in [-0.4, -0.2) is 33.6 Å². The minimum absolute atomic E-state index is 0.0359. The lowest BCUT2D eigenvalue weighted by Crippen LogP contribution is -2.37. The zero-order valence-corrected chi connectivity index (χ0v) is 17.8. The Morgan fingerprint density at radius 1 is 1.10 bits per heavy atom. The Hall–Kier alpha value is -2.38. The molecule has 2 heterocycles. The SMILES string of the molecule is Cc1cc(C)c(S(=O)(=O)Nc2ccc3c(c2)N(C(=O)C2CCCO2)CC3)cc1C. The third kappa shape index (κ3) is 3.76. The van der Waals surface area contributed by atoms with Crippen LogP contribution in [0.25, 0.3) is 0 Å². The van der Waals surface area contributed by atoms with E-state index < -0.39 is 10.0 Å². The van der Waals surface area contributed by atoms with Crippen molar-refractivity contribution in [3.63, 3.8) is 0 Å². The number of nitrogens with zero attached hydrogens (tertiary/aromatic N) is 1. The highest BCUT2D eigenvalue weighted by molar-refractivity contribution is 7.92. The molecule has 2 aromatic carbocycles. The first-order chi connectivity index (χ1) is 13.8. The summed E-state index contributed by atoms with van der Waals surface area (Å²) in [5.74, 6) is -0.0359. The third-order valence-electron chi connectivity index (χ3n) is 5.79. The summed E-state index contributed by atoms with van der Waals surface area (Å²) in [7, 11) is -3.73. The summed E-state index contributed by atoms with van der Waals surface area (Å²) < 4.78 is 34.2. The van der Waals surface area contributed by atoms with Gasteiger partial charge in [0.05, 0.1) is 10.6 Å². The Kier molecular flexibility index (Phi) is 5.12. The molecule has 7 heteroatoms. The van der Waals surface area contributed by atoms with Gasteiger partial charge in [-0.2, -0.15) is 0 Å². The van der Waals surface area contributed by atoms with E-state index in [4.69, 9.17) is 4.74 Å². The molecule has 0 aliphatic carbocycles. The Morgan fingerprint density at radius 3 is 2.59 bits per heavy atom. The van der Waals surface area contributed by atoms with Gasteiger partial charge in [-0.05, 0) is 80.5 Å². The van der Waals surface area contributed by atoms with Crippen molar-refractivity contribution in [2.45, 2.75) is 51.0 Å². The lowest BCUT2D eigenvalue weighted by molar-refractivity contribution is -0.127. The van der Waals surface area contributed by atoms with Crippen LogP contribution < -0.4 is 9.62 Å². The zero-order valence-electron chi connectivity index (χ0n) is 17.0. The first kappa shape index (κ1) is 19.9. The number of ether oxygens (including phenoxy) is 1.